The Bertz CT molecular complexity index is 351. The van der Waals surface area contributed by atoms with E-state index < -0.39 is 0 Å². The third kappa shape index (κ3) is 3.55. The van der Waals surface area contributed by atoms with E-state index in [1.807, 2.05) is 0 Å². The van der Waals surface area contributed by atoms with Crippen LogP contribution in [-0.2, 0) is 6.42 Å². The van der Waals surface area contributed by atoms with E-state index in [9.17, 15) is 0 Å². The summed E-state index contributed by atoms with van der Waals surface area (Å²) in [6, 6.07) is 0. The SMILES string of the molecule is CCC1CCC(c2noc(CCCCCN)n2)C1. The number of hydrogen-bond donors (Lipinski definition) is 1. The second-order valence-corrected chi connectivity index (χ2v) is 5.43. The van der Waals surface area contributed by atoms with Crippen LogP contribution in [-0.4, -0.2) is 16.7 Å². The molecule has 0 bridgehead atoms. The Morgan fingerprint density at radius 1 is 1.28 bits per heavy atom. The van der Waals surface area contributed by atoms with Gasteiger partial charge in [-0.2, -0.15) is 4.98 Å². The van der Waals surface area contributed by atoms with Crippen LogP contribution in [0.15, 0.2) is 4.52 Å². The number of aromatic nitrogens is 2. The average Bonchev–Trinajstić information content (AvgIpc) is 3.03. The van der Waals surface area contributed by atoms with Gasteiger partial charge in [-0.15, -0.1) is 0 Å². The highest BCUT2D eigenvalue weighted by Gasteiger charge is 2.28. The third-order valence-corrected chi connectivity index (χ3v) is 4.06. The predicted molar refractivity (Wildman–Crippen MR) is 71.3 cm³/mol. The molecular formula is C14H25N3O. The van der Waals surface area contributed by atoms with Crippen molar-refractivity contribution in [2.75, 3.05) is 6.54 Å². The van der Waals surface area contributed by atoms with Crippen molar-refractivity contribution in [2.45, 2.75) is 64.2 Å². The largest absolute Gasteiger partial charge is 0.339 e. The van der Waals surface area contributed by atoms with E-state index in [1.165, 1.54) is 25.7 Å². The molecule has 0 saturated heterocycles. The molecule has 1 aliphatic carbocycles. The molecule has 2 unspecified atom stereocenters. The summed E-state index contributed by atoms with van der Waals surface area (Å²) < 4.78 is 5.33. The minimum absolute atomic E-state index is 0.538. The van der Waals surface area contributed by atoms with E-state index in [1.54, 1.807) is 0 Å². The van der Waals surface area contributed by atoms with Crippen molar-refractivity contribution in [1.29, 1.82) is 0 Å². The van der Waals surface area contributed by atoms with Gasteiger partial charge in [0.2, 0.25) is 5.89 Å². The summed E-state index contributed by atoms with van der Waals surface area (Å²) in [6.45, 7) is 3.04. The average molecular weight is 251 g/mol. The number of aryl methyl sites for hydroxylation is 1. The molecule has 0 spiro atoms. The van der Waals surface area contributed by atoms with E-state index in [-0.39, 0.29) is 0 Å². The van der Waals surface area contributed by atoms with Crippen LogP contribution in [0.1, 0.15) is 69.5 Å². The third-order valence-electron chi connectivity index (χ3n) is 4.06. The molecule has 0 radical (unpaired) electrons. The van der Waals surface area contributed by atoms with Gasteiger partial charge in [-0.25, -0.2) is 0 Å². The molecule has 1 aromatic rings. The number of nitrogens with two attached hydrogens (primary N) is 1. The van der Waals surface area contributed by atoms with Crippen molar-refractivity contribution in [3.05, 3.63) is 11.7 Å². The summed E-state index contributed by atoms with van der Waals surface area (Å²) in [5.41, 5.74) is 5.47. The smallest absolute Gasteiger partial charge is 0.226 e. The Hall–Kier alpha value is -0.900. The summed E-state index contributed by atoms with van der Waals surface area (Å²) in [4.78, 5) is 4.55. The summed E-state index contributed by atoms with van der Waals surface area (Å²) in [5.74, 6) is 3.15. The standard InChI is InChI=1S/C14H25N3O/c1-2-11-7-8-12(10-11)14-16-13(18-17-14)6-4-3-5-9-15/h11-12H,2-10,15H2,1H3. The molecule has 18 heavy (non-hydrogen) atoms. The normalized spacial score (nSPS) is 23.7. The minimum atomic E-state index is 0.538. The highest BCUT2D eigenvalue weighted by atomic mass is 16.5. The fourth-order valence-electron chi connectivity index (χ4n) is 2.81. The highest BCUT2D eigenvalue weighted by molar-refractivity contribution is 4.99. The van der Waals surface area contributed by atoms with E-state index in [0.29, 0.717) is 5.92 Å². The van der Waals surface area contributed by atoms with E-state index >= 15 is 0 Å². The lowest BCUT2D eigenvalue weighted by Crippen LogP contribution is -1.99. The molecule has 1 fully saturated rings. The van der Waals surface area contributed by atoms with Gasteiger partial charge in [-0.05, 0) is 44.6 Å². The maximum Gasteiger partial charge on any atom is 0.226 e. The monoisotopic (exact) mass is 251 g/mol. The zero-order valence-electron chi connectivity index (χ0n) is 11.4. The van der Waals surface area contributed by atoms with Crippen molar-refractivity contribution in [3.8, 4) is 0 Å². The second kappa shape index (κ2) is 6.88. The molecule has 4 nitrogen and oxygen atoms in total. The van der Waals surface area contributed by atoms with Crippen LogP contribution in [0, 0.1) is 5.92 Å². The molecule has 102 valence electrons. The Labute approximate surface area is 109 Å². The van der Waals surface area contributed by atoms with E-state index in [4.69, 9.17) is 10.3 Å². The van der Waals surface area contributed by atoms with Crippen molar-refractivity contribution in [1.82, 2.24) is 10.1 Å². The van der Waals surface area contributed by atoms with Gasteiger partial charge in [0.05, 0.1) is 0 Å². The van der Waals surface area contributed by atoms with Crippen LogP contribution in [0.2, 0.25) is 0 Å². The molecule has 2 atom stereocenters. The summed E-state index contributed by atoms with van der Waals surface area (Å²) >= 11 is 0. The maximum absolute atomic E-state index is 5.47. The first-order chi connectivity index (χ1) is 8.83. The topological polar surface area (TPSA) is 64.9 Å². The van der Waals surface area contributed by atoms with Crippen molar-refractivity contribution in [3.63, 3.8) is 0 Å². The highest BCUT2D eigenvalue weighted by Crippen LogP contribution is 2.38. The first-order valence-corrected chi connectivity index (χ1v) is 7.36. The van der Waals surface area contributed by atoms with Gasteiger partial charge in [0.15, 0.2) is 5.82 Å². The van der Waals surface area contributed by atoms with Crippen LogP contribution in [0.25, 0.3) is 0 Å². The Balaban J connectivity index is 1.79. The number of hydrogen-bond acceptors (Lipinski definition) is 4. The molecule has 1 aromatic heterocycles. The molecule has 2 N–H and O–H groups in total. The first kappa shape index (κ1) is 13.5. The van der Waals surface area contributed by atoms with Crippen LogP contribution in [0.4, 0.5) is 0 Å². The van der Waals surface area contributed by atoms with Gasteiger partial charge in [0.25, 0.3) is 0 Å². The fraction of sp³-hybridized carbons (Fsp3) is 0.857. The van der Waals surface area contributed by atoms with Gasteiger partial charge in [-0.3, -0.25) is 0 Å². The number of unbranched alkanes of at least 4 members (excludes halogenated alkanes) is 2. The van der Waals surface area contributed by atoms with Crippen molar-refractivity contribution >= 4 is 0 Å². The minimum Gasteiger partial charge on any atom is -0.339 e. The quantitative estimate of drug-likeness (QED) is 0.756. The van der Waals surface area contributed by atoms with E-state index in [2.05, 4.69) is 17.1 Å². The van der Waals surface area contributed by atoms with Gasteiger partial charge >= 0.3 is 0 Å². The fourth-order valence-corrected chi connectivity index (χ4v) is 2.81. The van der Waals surface area contributed by atoms with Crippen LogP contribution >= 0.6 is 0 Å². The first-order valence-electron chi connectivity index (χ1n) is 7.36. The molecule has 1 heterocycles. The van der Waals surface area contributed by atoms with E-state index in [0.717, 1.165) is 49.9 Å². The summed E-state index contributed by atoms with van der Waals surface area (Å²) in [7, 11) is 0. The lowest BCUT2D eigenvalue weighted by Gasteiger charge is -2.04. The number of nitrogens with zero attached hydrogens (tertiary/aromatic N) is 2. The molecule has 4 heteroatoms. The van der Waals surface area contributed by atoms with Crippen LogP contribution in [0.5, 0.6) is 0 Å². The Morgan fingerprint density at radius 2 is 2.17 bits per heavy atom. The summed E-state index contributed by atoms with van der Waals surface area (Å²) in [6.07, 6.45) is 9.30. The second-order valence-electron chi connectivity index (χ2n) is 5.43. The van der Waals surface area contributed by atoms with Crippen molar-refractivity contribution in [2.24, 2.45) is 11.7 Å². The van der Waals surface area contributed by atoms with Crippen LogP contribution < -0.4 is 5.73 Å². The van der Waals surface area contributed by atoms with Crippen molar-refractivity contribution < 1.29 is 4.52 Å². The zero-order chi connectivity index (χ0) is 12.8. The molecule has 0 aliphatic heterocycles. The molecular weight excluding hydrogens is 226 g/mol. The molecule has 2 rings (SSSR count). The lowest BCUT2D eigenvalue weighted by atomic mass is 10.0. The molecule has 1 saturated carbocycles. The van der Waals surface area contributed by atoms with Gasteiger partial charge in [0.1, 0.15) is 0 Å². The summed E-state index contributed by atoms with van der Waals surface area (Å²) in [5, 5.41) is 4.16. The predicted octanol–water partition coefficient (Wildman–Crippen LogP) is 3.03. The van der Waals surface area contributed by atoms with Gasteiger partial charge in [-0.1, -0.05) is 24.9 Å². The molecule has 0 amide bonds. The zero-order valence-corrected chi connectivity index (χ0v) is 11.4. The maximum atomic E-state index is 5.47. The van der Waals surface area contributed by atoms with Crippen LogP contribution in [0.3, 0.4) is 0 Å². The Kier molecular flexibility index (Phi) is 5.17. The van der Waals surface area contributed by atoms with Gasteiger partial charge < -0.3 is 10.3 Å². The lowest BCUT2D eigenvalue weighted by molar-refractivity contribution is 0.365. The molecule has 0 aromatic carbocycles. The number of rotatable bonds is 7. The molecule has 1 aliphatic rings. The Morgan fingerprint density at radius 3 is 2.89 bits per heavy atom. The van der Waals surface area contributed by atoms with Gasteiger partial charge in [0, 0.05) is 12.3 Å².